The van der Waals surface area contributed by atoms with Crippen molar-refractivity contribution in [3.05, 3.63) is 65.9 Å². The highest BCUT2D eigenvalue weighted by molar-refractivity contribution is 6.38. The van der Waals surface area contributed by atoms with E-state index >= 15 is 0 Å². The van der Waals surface area contributed by atoms with Crippen LogP contribution in [0.15, 0.2) is 60.9 Å². The maximum atomic E-state index is 6.51. The van der Waals surface area contributed by atoms with E-state index in [0.717, 1.165) is 27.2 Å². The molecular formula is C17H11ClN2. The second kappa shape index (κ2) is 4.36. The molecule has 4 rings (SSSR count). The quantitative estimate of drug-likeness (QED) is 0.519. The molecule has 0 radical (unpaired) electrons. The average molecular weight is 279 g/mol. The van der Waals surface area contributed by atoms with Crippen molar-refractivity contribution in [2.45, 2.75) is 0 Å². The molecule has 3 heteroatoms. The molecule has 96 valence electrons. The van der Waals surface area contributed by atoms with Gasteiger partial charge in [0, 0.05) is 23.3 Å². The van der Waals surface area contributed by atoms with E-state index < -0.39 is 0 Å². The number of H-pyrrole nitrogens is 1. The summed E-state index contributed by atoms with van der Waals surface area (Å²) in [5.41, 5.74) is 2.87. The third-order valence-electron chi connectivity index (χ3n) is 3.58. The third-order valence-corrected chi connectivity index (χ3v) is 3.99. The predicted molar refractivity (Wildman–Crippen MR) is 84.0 cm³/mol. The number of aromatic nitrogens is 2. The standard InChI is InChI=1S/C17H11ClN2/c18-16-14-7-8-19-17(14)20-10-15(16)13-6-5-11-3-1-2-4-12(11)9-13/h1-10H,(H,19,20). The summed E-state index contributed by atoms with van der Waals surface area (Å²) in [5.74, 6) is 0. The Hall–Kier alpha value is -2.32. The summed E-state index contributed by atoms with van der Waals surface area (Å²) in [7, 11) is 0. The van der Waals surface area contributed by atoms with E-state index in [0.29, 0.717) is 0 Å². The fourth-order valence-electron chi connectivity index (χ4n) is 2.53. The molecule has 0 aliphatic heterocycles. The lowest BCUT2D eigenvalue weighted by Gasteiger charge is -2.07. The van der Waals surface area contributed by atoms with Crippen LogP contribution in [-0.4, -0.2) is 9.97 Å². The fraction of sp³-hybridized carbons (Fsp3) is 0. The molecule has 1 N–H and O–H groups in total. The van der Waals surface area contributed by atoms with Gasteiger partial charge in [-0.3, -0.25) is 0 Å². The molecule has 0 aliphatic carbocycles. The summed E-state index contributed by atoms with van der Waals surface area (Å²) in [6.07, 6.45) is 3.68. The van der Waals surface area contributed by atoms with Crippen LogP contribution in [0.3, 0.4) is 0 Å². The summed E-state index contributed by atoms with van der Waals surface area (Å²) < 4.78 is 0. The zero-order chi connectivity index (χ0) is 13.5. The molecule has 0 amide bonds. The van der Waals surface area contributed by atoms with Gasteiger partial charge in [-0.2, -0.15) is 0 Å². The smallest absolute Gasteiger partial charge is 0.138 e. The zero-order valence-electron chi connectivity index (χ0n) is 10.6. The lowest BCUT2D eigenvalue weighted by atomic mass is 10.0. The second-order valence-electron chi connectivity index (χ2n) is 4.79. The van der Waals surface area contributed by atoms with Gasteiger partial charge in [-0.15, -0.1) is 0 Å². The van der Waals surface area contributed by atoms with Gasteiger partial charge in [0.2, 0.25) is 0 Å². The lowest BCUT2D eigenvalue weighted by molar-refractivity contribution is 1.33. The molecule has 2 nitrogen and oxygen atoms in total. The monoisotopic (exact) mass is 278 g/mol. The van der Waals surface area contributed by atoms with Crippen LogP contribution in [-0.2, 0) is 0 Å². The van der Waals surface area contributed by atoms with Crippen LogP contribution in [0.5, 0.6) is 0 Å². The van der Waals surface area contributed by atoms with E-state index in [-0.39, 0.29) is 0 Å². The summed E-state index contributed by atoms with van der Waals surface area (Å²) in [6, 6.07) is 16.6. The van der Waals surface area contributed by atoms with Crippen LogP contribution in [0, 0.1) is 0 Å². The number of benzene rings is 2. The van der Waals surface area contributed by atoms with Crippen molar-refractivity contribution in [2.24, 2.45) is 0 Å². The Kier molecular flexibility index (Phi) is 2.51. The van der Waals surface area contributed by atoms with Crippen molar-refractivity contribution >= 4 is 33.4 Å². The predicted octanol–water partition coefficient (Wildman–Crippen LogP) is 5.04. The average Bonchev–Trinajstić information content (AvgIpc) is 2.97. The fourth-order valence-corrected chi connectivity index (χ4v) is 2.84. The third kappa shape index (κ3) is 1.69. The SMILES string of the molecule is Clc1c(-c2ccc3ccccc3c2)cnc2[nH]ccc12. The van der Waals surface area contributed by atoms with Gasteiger partial charge in [0.05, 0.1) is 5.02 Å². The number of nitrogens with zero attached hydrogens (tertiary/aromatic N) is 1. The van der Waals surface area contributed by atoms with Crippen LogP contribution >= 0.6 is 11.6 Å². The van der Waals surface area contributed by atoms with Crippen LogP contribution in [0.2, 0.25) is 5.02 Å². The molecule has 20 heavy (non-hydrogen) atoms. The minimum Gasteiger partial charge on any atom is -0.346 e. The number of hydrogen-bond donors (Lipinski definition) is 1. The lowest BCUT2D eigenvalue weighted by Crippen LogP contribution is -1.85. The van der Waals surface area contributed by atoms with E-state index in [1.807, 2.05) is 30.6 Å². The van der Waals surface area contributed by atoms with Gasteiger partial charge >= 0.3 is 0 Å². The molecule has 0 aliphatic rings. The minimum atomic E-state index is 0.742. The highest BCUT2D eigenvalue weighted by Gasteiger charge is 2.09. The summed E-state index contributed by atoms with van der Waals surface area (Å²) in [4.78, 5) is 7.49. The number of pyridine rings is 1. The Morgan fingerprint density at radius 1 is 0.950 bits per heavy atom. The molecule has 0 saturated heterocycles. The summed E-state index contributed by atoms with van der Waals surface area (Å²) in [6.45, 7) is 0. The van der Waals surface area contributed by atoms with Gasteiger partial charge < -0.3 is 4.98 Å². The molecule has 0 bridgehead atoms. The first-order chi connectivity index (χ1) is 9.83. The normalized spacial score (nSPS) is 11.2. The highest BCUT2D eigenvalue weighted by Crippen LogP contribution is 2.33. The Bertz CT molecular complexity index is 924. The number of aromatic amines is 1. The van der Waals surface area contributed by atoms with E-state index in [1.165, 1.54) is 10.8 Å². The van der Waals surface area contributed by atoms with Crippen LogP contribution in [0.4, 0.5) is 0 Å². The van der Waals surface area contributed by atoms with Gasteiger partial charge in [0.25, 0.3) is 0 Å². The van der Waals surface area contributed by atoms with Crippen molar-refractivity contribution in [1.82, 2.24) is 9.97 Å². The Labute approximate surface area is 121 Å². The first-order valence-electron chi connectivity index (χ1n) is 6.44. The Morgan fingerprint density at radius 2 is 1.80 bits per heavy atom. The van der Waals surface area contributed by atoms with E-state index in [1.54, 1.807) is 0 Å². The Morgan fingerprint density at radius 3 is 2.70 bits per heavy atom. The summed E-state index contributed by atoms with van der Waals surface area (Å²) in [5, 5.41) is 4.13. The van der Waals surface area contributed by atoms with Gasteiger partial charge in [0.1, 0.15) is 5.65 Å². The maximum Gasteiger partial charge on any atom is 0.138 e. The van der Waals surface area contributed by atoms with Gasteiger partial charge in [-0.1, -0.05) is 48.0 Å². The van der Waals surface area contributed by atoms with Gasteiger partial charge in [0.15, 0.2) is 0 Å². The van der Waals surface area contributed by atoms with Crippen LogP contribution in [0.25, 0.3) is 32.9 Å². The topological polar surface area (TPSA) is 28.7 Å². The van der Waals surface area contributed by atoms with E-state index in [2.05, 4.69) is 40.3 Å². The largest absolute Gasteiger partial charge is 0.346 e. The summed E-state index contributed by atoms with van der Waals surface area (Å²) >= 11 is 6.51. The molecule has 0 fully saturated rings. The van der Waals surface area contributed by atoms with E-state index in [9.17, 15) is 0 Å². The molecular weight excluding hydrogens is 268 g/mol. The van der Waals surface area contributed by atoms with E-state index in [4.69, 9.17) is 11.6 Å². The van der Waals surface area contributed by atoms with Crippen molar-refractivity contribution in [3.63, 3.8) is 0 Å². The van der Waals surface area contributed by atoms with Gasteiger partial charge in [-0.25, -0.2) is 4.98 Å². The molecule has 0 unspecified atom stereocenters. The molecule has 2 heterocycles. The van der Waals surface area contributed by atoms with Crippen molar-refractivity contribution < 1.29 is 0 Å². The number of nitrogens with one attached hydrogen (secondary N) is 1. The van der Waals surface area contributed by atoms with Crippen molar-refractivity contribution in [1.29, 1.82) is 0 Å². The number of fused-ring (bicyclic) bond motifs is 2. The molecule has 2 aromatic carbocycles. The first kappa shape index (κ1) is 11.5. The molecule has 0 spiro atoms. The second-order valence-corrected chi connectivity index (χ2v) is 5.17. The highest BCUT2D eigenvalue weighted by atomic mass is 35.5. The number of halogens is 1. The number of rotatable bonds is 1. The van der Waals surface area contributed by atoms with Crippen molar-refractivity contribution in [3.8, 4) is 11.1 Å². The minimum absolute atomic E-state index is 0.742. The molecule has 4 aromatic rings. The molecule has 0 atom stereocenters. The zero-order valence-corrected chi connectivity index (χ0v) is 11.4. The first-order valence-corrected chi connectivity index (χ1v) is 6.81. The van der Waals surface area contributed by atoms with Crippen LogP contribution < -0.4 is 0 Å². The molecule has 0 saturated carbocycles. The Balaban J connectivity index is 1.98. The van der Waals surface area contributed by atoms with Crippen molar-refractivity contribution in [2.75, 3.05) is 0 Å². The van der Waals surface area contributed by atoms with Crippen LogP contribution in [0.1, 0.15) is 0 Å². The number of hydrogen-bond acceptors (Lipinski definition) is 1. The van der Waals surface area contributed by atoms with Gasteiger partial charge in [-0.05, 0) is 28.5 Å². The maximum absolute atomic E-state index is 6.51. The molecule has 2 aromatic heterocycles.